The van der Waals surface area contributed by atoms with E-state index in [0.29, 0.717) is 36.4 Å². The van der Waals surface area contributed by atoms with Gasteiger partial charge in [-0.25, -0.2) is 5.43 Å². The Morgan fingerprint density at radius 2 is 1.71 bits per heavy atom. The summed E-state index contributed by atoms with van der Waals surface area (Å²) in [6.45, 7) is 7.10. The van der Waals surface area contributed by atoms with Crippen LogP contribution < -0.4 is 19.6 Å². The number of hydrogen-bond acceptors (Lipinski definition) is 5. The van der Waals surface area contributed by atoms with Gasteiger partial charge in [0.1, 0.15) is 12.4 Å². The molecule has 6 heteroatoms. The van der Waals surface area contributed by atoms with E-state index < -0.39 is 0 Å². The Morgan fingerprint density at radius 1 is 0.941 bits per heavy atom. The molecule has 1 amide bonds. The largest absolute Gasteiger partial charge is 0.490 e. The van der Waals surface area contributed by atoms with E-state index in [4.69, 9.17) is 14.2 Å². The molecule has 3 aromatic carbocycles. The fraction of sp³-hybridized carbons (Fsp3) is 0.286. The highest BCUT2D eigenvalue weighted by molar-refractivity contribution is 5.83. The molecule has 0 spiro atoms. The highest BCUT2D eigenvalue weighted by Crippen LogP contribution is 2.29. The number of nitrogens with one attached hydrogen (secondary N) is 1. The molecular formula is C28H32N2O4. The Hall–Kier alpha value is -3.80. The van der Waals surface area contributed by atoms with Crippen LogP contribution in [0, 0.1) is 0 Å². The molecule has 34 heavy (non-hydrogen) atoms. The van der Waals surface area contributed by atoms with Crippen molar-refractivity contribution in [1.29, 1.82) is 0 Å². The van der Waals surface area contributed by atoms with Gasteiger partial charge in [-0.05, 0) is 66.3 Å². The summed E-state index contributed by atoms with van der Waals surface area (Å²) >= 11 is 0. The third-order valence-electron chi connectivity index (χ3n) is 5.34. The number of benzene rings is 3. The first-order chi connectivity index (χ1) is 16.6. The van der Waals surface area contributed by atoms with E-state index in [1.54, 1.807) is 6.21 Å². The number of hydrogen-bond donors (Lipinski definition) is 1. The first-order valence-corrected chi connectivity index (χ1v) is 11.6. The van der Waals surface area contributed by atoms with Crippen LogP contribution in [0.15, 0.2) is 77.9 Å². The van der Waals surface area contributed by atoms with E-state index in [1.165, 1.54) is 5.56 Å². The second-order valence-electron chi connectivity index (χ2n) is 7.87. The van der Waals surface area contributed by atoms with Gasteiger partial charge in [0.15, 0.2) is 18.1 Å². The van der Waals surface area contributed by atoms with Gasteiger partial charge in [-0.2, -0.15) is 5.10 Å². The number of nitrogens with zero attached hydrogens (tertiary/aromatic N) is 1. The Bertz CT molecular complexity index is 1070. The van der Waals surface area contributed by atoms with Gasteiger partial charge in [-0.15, -0.1) is 0 Å². The highest BCUT2D eigenvalue weighted by atomic mass is 16.5. The maximum atomic E-state index is 12.1. The Morgan fingerprint density at radius 3 is 2.41 bits per heavy atom. The van der Waals surface area contributed by atoms with Crippen molar-refractivity contribution in [3.63, 3.8) is 0 Å². The van der Waals surface area contributed by atoms with E-state index in [-0.39, 0.29) is 12.5 Å². The third kappa shape index (κ3) is 7.66. The van der Waals surface area contributed by atoms with Crippen LogP contribution in [0.25, 0.3) is 0 Å². The van der Waals surface area contributed by atoms with Crippen LogP contribution in [0.4, 0.5) is 0 Å². The van der Waals surface area contributed by atoms with Gasteiger partial charge in [-0.3, -0.25) is 4.79 Å². The molecule has 0 aliphatic heterocycles. The minimum absolute atomic E-state index is 0.115. The monoisotopic (exact) mass is 460 g/mol. The van der Waals surface area contributed by atoms with Crippen molar-refractivity contribution >= 4 is 12.1 Å². The lowest BCUT2D eigenvalue weighted by Gasteiger charge is -2.12. The smallest absolute Gasteiger partial charge is 0.277 e. The number of hydrazone groups is 1. The summed E-state index contributed by atoms with van der Waals surface area (Å²) in [6, 6.07) is 23.3. The predicted octanol–water partition coefficient (Wildman–Crippen LogP) is 5.71. The molecule has 0 aromatic heterocycles. The van der Waals surface area contributed by atoms with Gasteiger partial charge >= 0.3 is 0 Å². The molecule has 0 radical (unpaired) electrons. The molecular weight excluding hydrogens is 428 g/mol. The van der Waals surface area contributed by atoms with Gasteiger partial charge in [0.05, 0.1) is 12.8 Å². The van der Waals surface area contributed by atoms with Gasteiger partial charge in [-0.1, -0.05) is 56.3 Å². The fourth-order valence-electron chi connectivity index (χ4n) is 3.22. The molecule has 1 N–H and O–H groups in total. The maximum Gasteiger partial charge on any atom is 0.277 e. The molecule has 0 bridgehead atoms. The molecule has 1 unspecified atom stereocenters. The normalized spacial score (nSPS) is 11.7. The lowest BCUT2D eigenvalue weighted by Crippen LogP contribution is -2.24. The average Bonchev–Trinajstić information content (AvgIpc) is 2.87. The Kier molecular flexibility index (Phi) is 9.52. The first kappa shape index (κ1) is 24.8. The molecule has 0 fully saturated rings. The molecule has 3 aromatic rings. The maximum absolute atomic E-state index is 12.1. The van der Waals surface area contributed by atoms with Crippen LogP contribution in [0.5, 0.6) is 17.2 Å². The quantitative estimate of drug-likeness (QED) is 0.278. The van der Waals surface area contributed by atoms with Gasteiger partial charge < -0.3 is 14.2 Å². The van der Waals surface area contributed by atoms with Crippen molar-refractivity contribution in [3.05, 3.63) is 89.5 Å². The van der Waals surface area contributed by atoms with Crippen LogP contribution in [-0.2, 0) is 11.4 Å². The molecule has 0 saturated carbocycles. The minimum Gasteiger partial charge on any atom is -0.490 e. The summed E-state index contributed by atoms with van der Waals surface area (Å²) in [4.78, 5) is 12.1. The summed E-state index contributed by atoms with van der Waals surface area (Å²) in [5.74, 6) is 2.09. The van der Waals surface area contributed by atoms with E-state index in [1.807, 2.05) is 79.7 Å². The second kappa shape index (κ2) is 13.0. The molecule has 0 saturated heterocycles. The van der Waals surface area contributed by atoms with Crippen molar-refractivity contribution in [3.8, 4) is 17.2 Å². The van der Waals surface area contributed by atoms with Crippen molar-refractivity contribution in [2.45, 2.75) is 39.7 Å². The van der Waals surface area contributed by atoms with E-state index >= 15 is 0 Å². The predicted molar refractivity (Wildman–Crippen MR) is 135 cm³/mol. The van der Waals surface area contributed by atoms with Gasteiger partial charge in [0, 0.05) is 0 Å². The number of rotatable bonds is 12. The van der Waals surface area contributed by atoms with Crippen molar-refractivity contribution in [2.75, 3.05) is 13.2 Å². The van der Waals surface area contributed by atoms with Crippen molar-refractivity contribution < 1.29 is 19.0 Å². The summed E-state index contributed by atoms with van der Waals surface area (Å²) in [5.41, 5.74) is 5.59. The number of carbonyl (C=O) groups is 1. The zero-order valence-corrected chi connectivity index (χ0v) is 20.0. The number of carbonyl (C=O) groups excluding carboxylic acids is 1. The second-order valence-corrected chi connectivity index (χ2v) is 7.87. The van der Waals surface area contributed by atoms with E-state index in [9.17, 15) is 4.79 Å². The zero-order valence-electron chi connectivity index (χ0n) is 20.0. The van der Waals surface area contributed by atoms with Gasteiger partial charge in [0.2, 0.25) is 0 Å². The summed E-state index contributed by atoms with van der Waals surface area (Å²) in [7, 11) is 0. The number of ether oxygens (including phenoxy) is 3. The Labute approximate surface area is 201 Å². The summed E-state index contributed by atoms with van der Waals surface area (Å²) in [5, 5.41) is 4.03. The van der Waals surface area contributed by atoms with Crippen LogP contribution in [0.2, 0.25) is 0 Å². The third-order valence-corrected chi connectivity index (χ3v) is 5.34. The lowest BCUT2D eigenvalue weighted by molar-refractivity contribution is -0.123. The molecule has 6 nitrogen and oxygen atoms in total. The topological polar surface area (TPSA) is 69.2 Å². The van der Waals surface area contributed by atoms with Crippen molar-refractivity contribution in [2.24, 2.45) is 5.10 Å². The molecule has 178 valence electrons. The molecule has 1 atom stereocenters. The minimum atomic E-state index is -0.338. The zero-order chi connectivity index (χ0) is 24.2. The Balaban J connectivity index is 1.50. The van der Waals surface area contributed by atoms with E-state index in [2.05, 4.69) is 24.4 Å². The summed E-state index contributed by atoms with van der Waals surface area (Å²) < 4.78 is 17.2. The van der Waals surface area contributed by atoms with Crippen LogP contribution in [-0.4, -0.2) is 25.3 Å². The molecule has 0 heterocycles. The average molecular weight is 461 g/mol. The SMILES string of the molecule is CCOc1cc(/C=N/NC(=O)COc2ccc(C(C)CC)cc2)ccc1OCc1ccccc1. The summed E-state index contributed by atoms with van der Waals surface area (Å²) in [6.07, 6.45) is 2.64. The standard InChI is InChI=1S/C28H32N2O4/c1-4-21(3)24-12-14-25(15-13-24)33-20-28(31)30-29-18-23-11-16-26(27(17-23)32-5-2)34-19-22-9-7-6-8-10-22/h6-18,21H,4-5,19-20H2,1-3H3,(H,30,31)/b29-18+. The number of amides is 1. The van der Waals surface area contributed by atoms with Crippen LogP contribution in [0.3, 0.4) is 0 Å². The molecule has 0 aliphatic rings. The first-order valence-electron chi connectivity index (χ1n) is 11.6. The van der Waals surface area contributed by atoms with Crippen LogP contribution in [0.1, 0.15) is 49.8 Å². The van der Waals surface area contributed by atoms with E-state index in [0.717, 1.165) is 17.5 Å². The fourth-order valence-corrected chi connectivity index (χ4v) is 3.22. The van der Waals surface area contributed by atoms with Gasteiger partial charge in [0.25, 0.3) is 5.91 Å². The molecule has 3 rings (SSSR count). The lowest BCUT2D eigenvalue weighted by atomic mass is 9.99. The highest BCUT2D eigenvalue weighted by Gasteiger charge is 2.07. The van der Waals surface area contributed by atoms with Crippen molar-refractivity contribution in [1.82, 2.24) is 5.43 Å². The van der Waals surface area contributed by atoms with Crippen LogP contribution >= 0.6 is 0 Å². The molecule has 0 aliphatic carbocycles.